The number of sulfonamides is 1. The van der Waals surface area contributed by atoms with Crippen molar-refractivity contribution in [1.82, 2.24) is 4.72 Å². The fourth-order valence-electron chi connectivity index (χ4n) is 0.979. The van der Waals surface area contributed by atoms with Gasteiger partial charge in [-0.2, -0.15) is 0 Å². The van der Waals surface area contributed by atoms with Crippen LogP contribution in [0.2, 0.25) is 0 Å². The summed E-state index contributed by atoms with van der Waals surface area (Å²) in [5.74, 6) is -0.531. The lowest BCUT2D eigenvalue weighted by atomic mass is 10.4. The Morgan fingerprint density at radius 2 is 1.87 bits per heavy atom. The molecule has 0 aromatic heterocycles. The Kier molecular flexibility index (Phi) is 5.82. The second-order valence-corrected chi connectivity index (χ2v) is 5.52. The summed E-state index contributed by atoms with van der Waals surface area (Å²) in [5.41, 5.74) is 0. The number of hydrogen-bond acceptors (Lipinski definition) is 4. The smallest absolute Gasteiger partial charge is 0.324 e. The molecule has 0 fully saturated rings. The summed E-state index contributed by atoms with van der Waals surface area (Å²) in [6.45, 7) is 6.66. The van der Waals surface area contributed by atoms with Crippen LogP contribution in [0.25, 0.3) is 0 Å². The normalized spacial score (nSPS) is 13.9. The van der Waals surface area contributed by atoms with Gasteiger partial charge in [-0.05, 0) is 27.2 Å². The first kappa shape index (κ1) is 14.4. The maximum Gasteiger partial charge on any atom is 0.324 e. The molecular weight excluding hydrogens is 218 g/mol. The molecule has 1 unspecified atom stereocenters. The van der Waals surface area contributed by atoms with Crippen LogP contribution in [-0.2, 0) is 19.6 Å². The van der Waals surface area contributed by atoms with Gasteiger partial charge in [0.05, 0.1) is 11.9 Å². The second-order valence-electron chi connectivity index (χ2n) is 3.64. The predicted octanol–water partition coefficient (Wildman–Crippen LogP) is 0.656. The van der Waals surface area contributed by atoms with Crippen LogP contribution < -0.4 is 4.72 Å². The Bertz CT molecular complexity index is 297. The number of rotatable bonds is 6. The zero-order valence-electron chi connectivity index (χ0n) is 9.61. The van der Waals surface area contributed by atoms with E-state index in [0.717, 1.165) is 0 Å². The molecule has 5 nitrogen and oxygen atoms in total. The third-order valence-corrected chi connectivity index (χ3v) is 3.19. The summed E-state index contributed by atoms with van der Waals surface area (Å²) in [4.78, 5) is 11.3. The Morgan fingerprint density at radius 3 is 2.27 bits per heavy atom. The van der Waals surface area contributed by atoms with Gasteiger partial charge in [0.15, 0.2) is 0 Å². The Balaban J connectivity index is 4.24. The first-order chi connectivity index (χ1) is 6.78. The van der Waals surface area contributed by atoms with E-state index in [0.29, 0.717) is 6.42 Å². The lowest BCUT2D eigenvalue weighted by molar-refractivity contribution is -0.148. The Labute approximate surface area is 91.2 Å². The fraction of sp³-hybridized carbons (Fsp3) is 0.889. The highest BCUT2D eigenvalue weighted by Gasteiger charge is 2.21. The Morgan fingerprint density at radius 1 is 1.33 bits per heavy atom. The molecule has 0 aromatic carbocycles. The Hall–Kier alpha value is -0.620. The first-order valence-electron chi connectivity index (χ1n) is 4.99. The van der Waals surface area contributed by atoms with Gasteiger partial charge in [-0.25, -0.2) is 13.1 Å². The molecule has 0 aliphatic carbocycles. The number of carbonyl (C=O) groups is 1. The van der Waals surface area contributed by atoms with Gasteiger partial charge in [0.25, 0.3) is 0 Å². The lowest BCUT2D eigenvalue weighted by Crippen LogP contribution is -2.41. The monoisotopic (exact) mass is 237 g/mol. The number of nitrogens with one attached hydrogen (secondary N) is 1. The zero-order chi connectivity index (χ0) is 12.1. The van der Waals surface area contributed by atoms with E-state index in [1.807, 2.05) is 0 Å². The van der Waals surface area contributed by atoms with Crippen molar-refractivity contribution in [3.63, 3.8) is 0 Å². The lowest BCUT2D eigenvalue weighted by Gasteiger charge is -2.15. The highest BCUT2D eigenvalue weighted by molar-refractivity contribution is 7.89. The van der Waals surface area contributed by atoms with E-state index in [-0.39, 0.29) is 11.9 Å². The highest BCUT2D eigenvalue weighted by atomic mass is 32.2. The molecule has 0 radical (unpaired) electrons. The van der Waals surface area contributed by atoms with Gasteiger partial charge >= 0.3 is 5.97 Å². The first-order valence-corrected chi connectivity index (χ1v) is 6.64. The third kappa shape index (κ3) is 6.46. The summed E-state index contributed by atoms with van der Waals surface area (Å²) in [5, 5.41) is 0. The molecule has 0 spiro atoms. The van der Waals surface area contributed by atoms with E-state index in [2.05, 4.69) is 4.72 Å². The van der Waals surface area contributed by atoms with E-state index in [1.165, 1.54) is 6.92 Å². The molecule has 0 aliphatic rings. The number of esters is 1. The van der Waals surface area contributed by atoms with Crippen LogP contribution >= 0.6 is 0 Å². The van der Waals surface area contributed by atoms with E-state index in [9.17, 15) is 13.2 Å². The van der Waals surface area contributed by atoms with E-state index in [1.54, 1.807) is 20.8 Å². The van der Waals surface area contributed by atoms with E-state index in [4.69, 9.17) is 4.74 Å². The van der Waals surface area contributed by atoms with Crippen molar-refractivity contribution in [2.24, 2.45) is 0 Å². The highest BCUT2D eigenvalue weighted by Crippen LogP contribution is 1.97. The molecule has 15 heavy (non-hydrogen) atoms. The molecule has 0 saturated heterocycles. The number of hydrogen-bond donors (Lipinski definition) is 1. The quantitative estimate of drug-likeness (QED) is 0.689. The van der Waals surface area contributed by atoms with Crippen LogP contribution in [0.5, 0.6) is 0 Å². The van der Waals surface area contributed by atoms with Gasteiger partial charge in [-0.3, -0.25) is 4.79 Å². The largest absolute Gasteiger partial charge is 0.462 e. The minimum atomic E-state index is -3.36. The zero-order valence-corrected chi connectivity index (χ0v) is 10.4. The van der Waals surface area contributed by atoms with Crippen LogP contribution in [-0.4, -0.2) is 32.3 Å². The fourth-order valence-corrected chi connectivity index (χ4v) is 2.27. The molecule has 0 bridgehead atoms. The van der Waals surface area contributed by atoms with Crippen LogP contribution in [0.3, 0.4) is 0 Å². The summed E-state index contributed by atoms with van der Waals surface area (Å²) in [7, 11) is -3.36. The topological polar surface area (TPSA) is 72.5 Å². The third-order valence-electron chi connectivity index (χ3n) is 1.53. The van der Waals surface area contributed by atoms with Crippen LogP contribution in [0, 0.1) is 0 Å². The van der Waals surface area contributed by atoms with Crippen molar-refractivity contribution >= 4 is 16.0 Å². The van der Waals surface area contributed by atoms with Crippen LogP contribution in [0.4, 0.5) is 0 Å². The molecule has 90 valence electrons. The van der Waals surface area contributed by atoms with Gasteiger partial charge in [0.2, 0.25) is 10.0 Å². The van der Waals surface area contributed by atoms with Gasteiger partial charge in [0.1, 0.15) is 6.04 Å². The predicted molar refractivity (Wildman–Crippen MR) is 57.9 cm³/mol. The van der Waals surface area contributed by atoms with Crippen molar-refractivity contribution in [3.8, 4) is 0 Å². The standard InChI is InChI=1S/C9H19NO4S/c1-5-6-15(12,13)10-8(4)9(11)14-7(2)3/h7-8,10H,5-6H2,1-4H3. The molecule has 6 heteroatoms. The minimum Gasteiger partial charge on any atom is -0.462 e. The maximum absolute atomic E-state index is 11.3. The average molecular weight is 237 g/mol. The van der Waals surface area contributed by atoms with Crippen molar-refractivity contribution in [2.45, 2.75) is 46.3 Å². The second kappa shape index (κ2) is 6.07. The van der Waals surface area contributed by atoms with Crippen molar-refractivity contribution in [1.29, 1.82) is 0 Å². The summed E-state index contributed by atoms with van der Waals surface area (Å²) >= 11 is 0. The molecule has 0 aromatic rings. The summed E-state index contributed by atoms with van der Waals surface area (Å²) in [6, 6.07) is -0.830. The SMILES string of the molecule is CCCS(=O)(=O)NC(C)C(=O)OC(C)C. The molecule has 0 heterocycles. The van der Waals surface area contributed by atoms with Gasteiger partial charge in [0, 0.05) is 0 Å². The van der Waals surface area contributed by atoms with Gasteiger partial charge < -0.3 is 4.74 Å². The molecule has 0 saturated carbocycles. The number of ether oxygens (including phenoxy) is 1. The average Bonchev–Trinajstić information content (AvgIpc) is 2.01. The van der Waals surface area contributed by atoms with Crippen LogP contribution in [0.15, 0.2) is 0 Å². The van der Waals surface area contributed by atoms with Crippen molar-refractivity contribution in [2.75, 3.05) is 5.75 Å². The van der Waals surface area contributed by atoms with E-state index >= 15 is 0 Å². The summed E-state index contributed by atoms with van der Waals surface area (Å²) in [6.07, 6.45) is 0.275. The minimum absolute atomic E-state index is 0.0201. The molecule has 1 N–H and O–H groups in total. The maximum atomic E-state index is 11.3. The van der Waals surface area contributed by atoms with Gasteiger partial charge in [-0.15, -0.1) is 0 Å². The van der Waals surface area contributed by atoms with Crippen LogP contribution in [0.1, 0.15) is 34.1 Å². The molecule has 0 aliphatic heterocycles. The molecule has 0 amide bonds. The van der Waals surface area contributed by atoms with Crippen molar-refractivity contribution in [3.05, 3.63) is 0 Å². The molecular formula is C9H19NO4S. The summed E-state index contributed by atoms with van der Waals surface area (Å²) < 4.78 is 29.8. The number of carbonyl (C=O) groups excluding carboxylic acids is 1. The van der Waals surface area contributed by atoms with Crippen molar-refractivity contribution < 1.29 is 17.9 Å². The van der Waals surface area contributed by atoms with Gasteiger partial charge in [-0.1, -0.05) is 6.92 Å². The molecule has 0 rings (SSSR count). The van der Waals surface area contributed by atoms with E-state index < -0.39 is 22.0 Å². The molecule has 1 atom stereocenters.